The summed E-state index contributed by atoms with van der Waals surface area (Å²) in [6.45, 7) is 9.76. The molecule has 0 radical (unpaired) electrons. The highest BCUT2D eigenvalue weighted by Crippen LogP contribution is 2.29. The van der Waals surface area contributed by atoms with Crippen LogP contribution in [0.5, 0.6) is 0 Å². The molecule has 2 nitrogen and oxygen atoms in total. The standard InChI is InChI=1S/C13H26N2/c1-11-4-3-5-13(8-11)10-15-7-6-14-9-12(15)2/h11-14H,3-10H2,1-2H3/t11?,12-,13?/m0/s1. The van der Waals surface area contributed by atoms with Crippen LogP contribution < -0.4 is 5.32 Å². The summed E-state index contributed by atoms with van der Waals surface area (Å²) < 4.78 is 0. The Kier molecular flexibility index (Phi) is 4.04. The molecule has 1 aliphatic carbocycles. The zero-order valence-corrected chi connectivity index (χ0v) is 10.3. The summed E-state index contributed by atoms with van der Waals surface area (Å²) >= 11 is 0. The number of hydrogen-bond acceptors (Lipinski definition) is 2. The Bertz CT molecular complexity index is 193. The van der Waals surface area contributed by atoms with E-state index in [-0.39, 0.29) is 0 Å². The quantitative estimate of drug-likeness (QED) is 0.751. The summed E-state index contributed by atoms with van der Waals surface area (Å²) in [5.74, 6) is 1.95. The van der Waals surface area contributed by atoms with E-state index in [0.29, 0.717) is 0 Å². The minimum absolute atomic E-state index is 0.746. The van der Waals surface area contributed by atoms with Crippen LogP contribution in [-0.4, -0.2) is 37.1 Å². The second-order valence-electron chi connectivity index (χ2n) is 5.69. The number of piperazine rings is 1. The predicted molar refractivity (Wildman–Crippen MR) is 65.0 cm³/mol. The van der Waals surface area contributed by atoms with Crippen LogP contribution in [0.25, 0.3) is 0 Å². The molecule has 0 aromatic carbocycles. The average Bonchev–Trinajstić information content (AvgIpc) is 2.22. The lowest BCUT2D eigenvalue weighted by Gasteiger charge is -2.38. The van der Waals surface area contributed by atoms with E-state index in [1.807, 2.05) is 0 Å². The van der Waals surface area contributed by atoms with E-state index >= 15 is 0 Å². The Morgan fingerprint density at radius 2 is 2.13 bits per heavy atom. The Balaban J connectivity index is 1.79. The Morgan fingerprint density at radius 3 is 2.87 bits per heavy atom. The summed E-state index contributed by atoms with van der Waals surface area (Å²) in [5, 5.41) is 3.47. The molecule has 2 rings (SSSR count). The van der Waals surface area contributed by atoms with Gasteiger partial charge in [-0.05, 0) is 31.6 Å². The van der Waals surface area contributed by atoms with Crippen LogP contribution >= 0.6 is 0 Å². The van der Waals surface area contributed by atoms with Gasteiger partial charge >= 0.3 is 0 Å². The van der Waals surface area contributed by atoms with E-state index in [0.717, 1.165) is 17.9 Å². The van der Waals surface area contributed by atoms with Crippen LogP contribution in [0, 0.1) is 11.8 Å². The normalized spacial score (nSPS) is 39.2. The van der Waals surface area contributed by atoms with Gasteiger partial charge in [0.2, 0.25) is 0 Å². The number of rotatable bonds is 2. The van der Waals surface area contributed by atoms with E-state index < -0.39 is 0 Å². The third-order valence-electron chi connectivity index (χ3n) is 4.18. The van der Waals surface area contributed by atoms with Gasteiger partial charge < -0.3 is 5.32 Å². The maximum absolute atomic E-state index is 3.47. The van der Waals surface area contributed by atoms with Crippen LogP contribution in [0.2, 0.25) is 0 Å². The zero-order valence-electron chi connectivity index (χ0n) is 10.3. The minimum atomic E-state index is 0.746. The van der Waals surface area contributed by atoms with Crippen LogP contribution in [-0.2, 0) is 0 Å². The molecule has 0 bridgehead atoms. The molecule has 0 aromatic heterocycles. The number of nitrogens with zero attached hydrogens (tertiary/aromatic N) is 1. The smallest absolute Gasteiger partial charge is 0.0193 e. The van der Waals surface area contributed by atoms with Crippen molar-refractivity contribution in [3.63, 3.8) is 0 Å². The molecular formula is C13H26N2. The van der Waals surface area contributed by atoms with E-state index in [1.165, 1.54) is 51.9 Å². The van der Waals surface area contributed by atoms with Gasteiger partial charge in [0.15, 0.2) is 0 Å². The Hall–Kier alpha value is -0.0800. The van der Waals surface area contributed by atoms with Crippen LogP contribution in [0.4, 0.5) is 0 Å². The largest absolute Gasteiger partial charge is 0.314 e. The summed E-state index contributed by atoms with van der Waals surface area (Å²) in [6.07, 6.45) is 5.87. The highest BCUT2D eigenvalue weighted by Gasteiger charge is 2.24. The van der Waals surface area contributed by atoms with Gasteiger partial charge in [0, 0.05) is 32.2 Å². The minimum Gasteiger partial charge on any atom is -0.314 e. The second kappa shape index (κ2) is 5.31. The van der Waals surface area contributed by atoms with Gasteiger partial charge in [-0.2, -0.15) is 0 Å². The first-order chi connectivity index (χ1) is 7.25. The van der Waals surface area contributed by atoms with Crippen LogP contribution in [0.3, 0.4) is 0 Å². The molecule has 2 fully saturated rings. The lowest BCUT2D eigenvalue weighted by atomic mass is 9.82. The van der Waals surface area contributed by atoms with Crippen LogP contribution in [0.15, 0.2) is 0 Å². The van der Waals surface area contributed by atoms with Gasteiger partial charge in [-0.15, -0.1) is 0 Å². The molecule has 0 amide bonds. The SMILES string of the molecule is CC1CCCC(CN2CCNC[C@@H]2C)C1. The van der Waals surface area contributed by atoms with Gasteiger partial charge in [0.1, 0.15) is 0 Å². The second-order valence-corrected chi connectivity index (χ2v) is 5.69. The van der Waals surface area contributed by atoms with Crippen molar-refractivity contribution in [1.82, 2.24) is 10.2 Å². The summed E-state index contributed by atoms with van der Waals surface area (Å²) in [5.41, 5.74) is 0. The lowest BCUT2D eigenvalue weighted by molar-refractivity contribution is 0.123. The van der Waals surface area contributed by atoms with Crippen LogP contribution in [0.1, 0.15) is 39.5 Å². The molecule has 15 heavy (non-hydrogen) atoms. The number of hydrogen-bond donors (Lipinski definition) is 1. The molecule has 88 valence electrons. The van der Waals surface area contributed by atoms with Crippen molar-refractivity contribution in [2.75, 3.05) is 26.2 Å². The van der Waals surface area contributed by atoms with Crippen molar-refractivity contribution in [3.05, 3.63) is 0 Å². The monoisotopic (exact) mass is 210 g/mol. The Labute approximate surface area is 94.4 Å². The van der Waals surface area contributed by atoms with Gasteiger partial charge in [0.25, 0.3) is 0 Å². The number of nitrogens with one attached hydrogen (secondary N) is 1. The summed E-state index contributed by atoms with van der Waals surface area (Å²) in [7, 11) is 0. The lowest BCUT2D eigenvalue weighted by Crippen LogP contribution is -2.51. The molecule has 3 atom stereocenters. The third kappa shape index (κ3) is 3.18. The topological polar surface area (TPSA) is 15.3 Å². The molecule has 1 saturated carbocycles. The van der Waals surface area contributed by atoms with Crippen molar-refractivity contribution in [1.29, 1.82) is 0 Å². The summed E-state index contributed by atoms with van der Waals surface area (Å²) in [4.78, 5) is 2.69. The van der Waals surface area contributed by atoms with Gasteiger partial charge in [0.05, 0.1) is 0 Å². The fourth-order valence-electron chi connectivity index (χ4n) is 3.21. The average molecular weight is 210 g/mol. The van der Waals surface area contributed by atoms with E-state index in [9.17, 15) is 0 Å². The molecule has 1 heterocycles. The zero-order chi connectivity index (χ0) is 10.7. The first kappa shape index (κ1) is 11.4. The van der Waals surface area contributed by atoms with Crippen molar-refractivity contribution in [3.8, 4) is 0 Å². The molecule has 1 saturated heterocycles. The predicted octanol–water partition coefficient (Wildman–Crippen LogP) is 2.11. The van der Waals surface area contributed by atoms with Crippen molar-refractivity contribution in [2.45, 2.75) is 45.6 Å². The highest BCUT2D eigenvalue weighted by atomic mass is 15.2. The van der Waals surface area contributed by atoms with E-state index in [1.54, 1.807) is 0 Å². The molecule has 2 heteroatoms. The first-order valence-corrected chi connectivity index (χ1v) is 6.70. The van der Waals surface area contributed by atoms with E-state index in [2.05, 4.69) is 24.1 Å². The third-order valence-corrected chi connectivity index (χ3v) is 4.18. The van der Waals surface area contributed by atoms with E-state index in [4.69, 9.17) is 0 Å². The fraction of sp³-hybridized carbons (Fsp3) is 1.00. The maximum atomic E-state index is 3.47. The summed E-state index contributed by atoms with van der Waals surface area (Å²) in [6, 6.07) is 0.746. The first-order valence-electron chi connectivity index (χ1n) is 6.70. The molecular weight excluding hydrogens is 184 g/mol. The molecule has 2 aliphatic rings. The fourth-order valence-corrected chi connectivity index (χ4v) is 3.21. The molecule has 1 N–H and O–H groups in total. The molecule has 2 unspecified atom stereocenters. The molecule has 0 aromatic rings. The van der Waals surface area contributed by atoms with Gasteiger partial charge in [-0.25, -0.2) is 0 Å². The van der Waals surface area contributed by atoms with Crippen molar-refractivity contribution >= 4 is 0 Å². The van der Waals surface area contributed by atoms with Gasteiger partial charge in [-0.3, -0.25) is 4.90 Å². The van der Waals surface area contributed by atoms with Crippen molar-refractivity contribution < 1.29 is 0 Å². The Morgan fingerprint density at radius 1 is 1.27 bits per heavy atom. The van der Waals surface area contributed by atoms with Crippen molar-refractivity contribution in [2.24, 2.45) is 11.8 Å². The maximum Gasteiger partial charge on any atom is 0.0193 e. The molecule has 0 spiro atoms. The highest BCUT2D eigenvalue weighted by molar-refractivity contribution is 4.80. The molecule has 1 aliphatic heterocycles. The van der Waals surface area contributed by atoms with Gasteiger partial charge in [-0.1, -0.05) is 19.8 Å².